The molecule has 26 heavy (non-hydrogen) atoms. The van der Waals surface area contributed by atoms with Crippen molar-refractivity contribution >= 4 is 16.5 Å². The third-order valence-electron chi connectivity index (χ3n) is 4.31. The van der Waals surface area contributed by atoms with E-state index in [1.54, 1.807) is 7.11 Å². The first-order valence-corrected chi connectivity index (χ1v) is 9.69. The summed E-state index contributed by atoms with van der Waals surface area (Å²) in [5.41, 5.74) is 9.54. The van der Waals surface area contributed by atoms with Gasteiger partial charge < -0.3 is 9.47 Å². The van der Waals surface area contributed by atoms with Crippen LogP contribution in [0.3, 0.4) is 0 Å². The molecule has 0 amide bonds. The molecule has 0 saturated carbocycles. The van der Waals surface area contributed by atoms with Crippen LogP contribution in [0, 0.1) is 0 Å². The number of aromatic nitrogens is 1. The fourth-order valence-corrected chi connectivity index (χ4v) is 3.57. The van der Waals surface area contributed by atoms with E-state index in [9.17, 15) is 0 Å². The van der Waals surface area contributed by atoms with Crippen LogP contribution in [-0.2, 0) is 6.42 Å². The van der Waals surface area contributed by atoms with Crippen molar-refractivity contribution in [2.75, 3.05) is 19.5 Å². The summed E-state index contributed by atoms with van der Waals surface area (Å²) in [7, 11) is 1.68. The Balaban J connectivity index is 1.83. The normalized spacial score (nSPS) is 11.9. The number of nitrogen functional groups attached to an aromatic ring is 1. The third-order valence-corrected chi connectivity index (χ3v) is 5.04. The van der Waals surface area contributed by atoms with Crippen molar-refractivity contribution in [2.24, 2.45) is 0 Å². The van der Waals surface area contributed by atoms with Crippen LogP contribution >= 0.6 is 11.3 Å². The molecule has 1 unspecified atom stereocenters. The minimum atomic E-state index is 0.205. The predicted octanol–water partition coefficient (Wildman–Crippen LogP) is 4.32. The van der Waals surface area contributed by atoms with Gasteiger partial charge in [0.15, 0.2) is 0 Å². The maximum atomic E-state index is 5.93. The monoisotopic (exact) mass is 369 g/mol. The molecule has 1 atom stereocenters. The molecule has 3 aromatic rings. The number of methoxy groups -OCH3 is 1. The van der Waals surface area contributed by atoms with Crippen molar-refractivity contribution in [3.8, 4) is 11.5 Å². The van der Waals surface area contributed by atoms with Gasteiger partial charge in [-0.05, 0) is 48.2 Å². The Morgan fingerprint density at radius 2 is 1.73 bits per heavy atom. The van der Waals surface area contributed by atoms with Crippen LogP contribution in [0.2, 0.25) is 0 Å². The average molecular weight is 370 g/mol. The maximum Gasteiger partial charge on any atom is 0.329 e. The summed E-state index contributed by atoms with van der Waals surface area (Å²) in [6.45, 7) is 2.85. The number of nitrogens with one attached hydrogen (secondary N) is 1. The number of hydrogen-bond acceptors (Lipinski definition) is 4. The molecular formula is C21H25N2O2S+. The summed E-state index contributed by atoms with van der Waals surface area (Å²) < 4.78 is 11.0. The van der Waals surface area contributed by atoms with Crippen molar-refractivity contribution in [2.45, 2.75) is 25.7 Å². The Hall–Kier alpha value is -2.53. The summed E-state index contributed by atoms with van der Waals surface area (Å²) in [6, 6.07) is 16.6. The van der Waals surface area contributed by atoms with Gasteiger partial charge in [-0.2, -0.15) is 0 Å². The number of thiazole rings is 1. The zero-order valence-corrected chi connectivity index (χ0v) is 16.0. The van der Waals surface area contributed by atoms with E-state index in [1.165, 1.54) is 22.5 Å². The molecule has 2 aromatic carbocycles. The standard InChI is InChI=1S/C21H24N2O2S/c1-3-12-25-18-8-4-15(5-9-18)13-19(20-14-26-21(22)23-20)16-6-10-17(24-2)11-7-16/h4-11,14,19H,3,12-13H2,1-2H3,(H2,22,23)/p+1. The van der Waals surface area contributed by atoms with Crippen LogP contribution < -0.4 is 20.2 Å². The van der Waals surface area contributed by atoms with Gasteiger partial charge in [-0.3, -0.25) is 5.73 Å². The SMILES string of the molecule is CCCOc1ccc(CC(c2ccc(OC)cc2)c2csc(N)[nH+]2)cc1. The number of rotatable bonds is 8. The molecule has 0 spiro atoms. The lowest BCUT2D eigenvalue weighted by molar-refractivity contribution is -0.368. The van der Waals surface area contributed by atoms with Crippen molar-refractivity contribution < 1.29 is 14.5 Å². The molecule has 0 fully saturated rings. The highest BCUT2D eigenvalue weighted by Crippen LogP contribution is 2.30. The average Bonchev–Trinajstić information content (AvgIpc) is 3.11. The van der Waals surface area contributed by atoms with Gasteiger partial charge in [0.2, 0.25) is 0 Å². The second kappa shape index (κ2) is 8.72. The fourth-order valence-electron chi connectivity index (χ4n) is 2.92. The van der Waals surface area contributed by atoms with Crippen LogP contribution in [0.5, 0.6) is 11.5 Å². The summed E-state index contributed by atoms with van der Waals surface area (Å²) >= 11 is 1.53. The molecule has 4 nitrogen and oxygen atoms in total. The number of H-pyrrole nitrogens is 1. The highest BCUT2D eigenvalue weighted by Gasteiger charge is 2.20. The molecule has 0 saturated heterocycles. The van der Waals surface area contributed by atoms with Gasteiger partial charge in [0.1, 0.15) is 17.2 Å². The van der Waals surface area contributed by atoms with E-state index in [-0.39, 0.29) is 5.92 Å². The summed E-state index contributed by atoms with van der Waals surface area (Å²) in [4.78, 5) is 3.30. The second-order valence-corrected chi connectivity index (χ2v) is 7.11. The summed E-state index contributed by atoms with van der Waals surface area (Å²) in [5, 5.41) is 2.82. The van der Waals surface area contributed by atoms with Gasteiger partial charge in [-0.1, -0.05) is 42.5 Å². The largest absolute Gasteiger partial charge is 0.497 e. The molecule has 3 rings (SSSR count). The number of aromatic amines is 1. The van der Waals surface area contributed by atoms with Gasteiger partial charge >= 0.3 is 5.13 Å². The second-order valence-electron chi connectivity index (χ2n) is 6.20. The molecule has 0 bridgehead atoms. The Bertz CT molecular complexity index is 813. The van der Waals surface area contributed by atoms with E-state index in [2.05, 4.69) is 41.6 Å². The van der Waals surface area contributed by atoms with E-state index in [0.717, 1.165) is 41.8 Å². The quantitative estimate of drug-likeness (QED) is 0.643. The number of nitrogens with two attached hydrogens (primary N) is 1. The predicted molar refractivity (Wildman–Crippen MR) is 106 cm³/mol. The van der Waals surface area contributed by atoms with Crippen molar-refractivity contribution in [3.63, 3.8) is 0 Å². The summed E-state index contributed by atoms with van der Waals surface area (Å²) in [5.74, 6) is 1.98. The van der Waals surface area contributed by atoms with Crippen molar-refractivity contribution in [3.05, 3.63) is 70.7 Å². The first-order chi connectivity index (χ1) is 12.7. The van der Waals surface area contributed by atoms with Gasteiger partial charge in [0.25, 0.3) is 0 Å². The molecule has 3 N–H and O–H groups in total. The summed E-state index contributed by atoms with van der Waals surface area (Å²) in [6.07, 6.45) is 1.89. The molecule has 1 aromatic heterocycles. The van der Waals surface area contributed by atoms with Crippen molar-refractivity contribution in [1.29, 1.82) is 0 Å². The van der Waals surface area contributed by atoms with Crippen LogP contribution in [0.25, 0.3) is 0 Å². The first-order valence-electron chi connectivity index (χ1n) is 8.81. The minimum absolute atomic E-state index is 0.205. The van der Waals surface area contributed by atoms with E-state index >= 15 is 0 Å². The van der Waals surface area contributed by atoms with Gasteiger partial charge in [0, 0.05) is 5.38 Å². The lowest BCUT2D eigenvalue weighted by atomic mass is 9.89. The molecule has 0 aliphatic rings. The highest BCUT2D eigenvalue weighted by molar-refractivity contribution is 7.13. The molecule has 0 radical (unpaired) electrons. The smallest absolute Gasteiger partial charge is 0.329 e. The highest BCUT2D eigenvalue weighted by atomic mass is 32.1. The van der Waals surface area contributed by atoms with E-state index in [4.69, 9.17) is 15.2 Å². The van der Waals surface area contributed by atoms with E-state index in [1.807, 2.05) is 24.3 Å². The molecule has 5 heteroatoms. The van der Waals surface area contributed by atoms with Gasteiger partial charge in [-0.15, -0.1) is 0 Å². The molecule has 136 valence electrons. The lowest BCUT2D eigenvalue weighted by Gasteiger charge is -2.15. The number of ether oxygens (including phenoxy) is 2. The zero-order valence-electron chi connectivity index (χ0n) is 15.2. The molecular weight excluding hydrogens is 344 g/mol. The van der Waals surface area contributed by atoms with Gasteiger partial charge in [-0.25, -0.2) is 4.98 Å². The van der Waals surface area contributed by atoms with Crippen LogP contribution in [0.4, 0.5) is 5.13 Å². The topological polar surface area (TPSA) is 58.6 Å². The van der Waals surface area contributed by atoms with E-state index in [0.29, 0.717) is 0 Å². The first kappa shape index (κ1) is 18.3. The number of anilines is 1. The number of benzene rings is 2. The Labute approximate surface area is 158 Å². The fraction of sp³-hybridized carbons (Fsp3) is 0.286. The van der Waals surface area contributed by atoms with Crippen LogP contribution in [0.15, 0.2) is 53.9 Å². The zero-order chi connectivity index (χ0) is 18.4. The number of hydrogen-bond donors (Lipinski definition) is 1. The Morgan fingerprint density at radius 3 is 2.31 bits per heavy atom. The van der Waals surface area contributed by atoms with Crippen LogP contribution in [-0.4, -0.2) is 13.7 Å². The van der Waals surface area contributed by atoms with Crippen LogP contribution in [0.1, 0.15) is 36.1 Å². The van der Waals surface area contributed by atoms with Gasteiger partial charge in [0.05, 0.1) is 19.6 Å². The lowest BCUT2D eigenvalue weighted by Crippen LogP contribution is -2.17. The molecule has 0 aliphatic carbocycles. The third kappa shape index (κ3) is 4.55. The molecule has 1 heterocycles. The molecule has 0 aliphatic heterocycles. The maximum absolute atomic E-state index is 5.93. The van der Waals surface area contributed by atoms with E-state index < -0.39 is 0 Å². The Morgan fingerprint density at radius 1 is 1.04 bits per heavy atom. The Kier molecular flexibility index (Phi) is 6.12. The minimum Gasteiger partial charge on any atom is -0.497 e. The van der Waals surface area contributed by atoms with Crippen molar-refractivity contribution in [1.82, 2.24) is 0 Å².